The lowest BCUT2D eigenvalue weighted by Gasteiger charge is -2.33. The number of alkyl halides is 3. The second-order valence-electron chi connectivity index (χ2n) is 6.83. The van der Waals surface area contributed by atoms with Gasteiger partial charge in [0.2, 0.25) is 11.8 Å². The van der Waals surface area contributed by atoms with Crippen LogP contribution in [0.4, 0.5) is 18.9 Å². The van der Waals surface area contributed by atoms with Crippen molar-refractivity contribution in [1.82, 2.24) is 4.90 Å². The van der Waals surface area contributed by atoms with Gasteiger partial charge < -0.3 is 19.7 Å². The van der Waals surface area contributed by atoms with E-state index in [1.165, 1.54) is 19.1 Å². The maximum Gasteiger partial charge on any atom is 0.397 e. The fourth-order valence-corrected chi connectivity index (χ4v) is 3.25. The Kier molecular flexibility index (Phi) is 7.53. The highest BCUT2D eigenvalue weighted by molar-refractivity contribution is 5.91. The van der Waals surface area contributed by atoms with E-state index in [0.717, 1.165) is 6.42 Å². The van der Waals surface area contributed by atoms with E-state index in [1.807, 2.05) is 0 Å². The van der Waals surface area contributed by atoms with Gasteiger partial charge in [0.25, 0.3) is 0 Å². The van der Waals surface area contributed by atoms with Crippen molar-refractivity contribution in [2.75, 3.05) is 32.6 Å². The van der Waals surface area contributed by atoms with Crippen molar-refractivity contribution >= 4 is 17.5 Å². The number of likely N-dealkylation sites (tertiary alicyclic amines) is 1. The van der Waals surface area contributed by atoms with Crippen molar-refractivity contribution in [1.29, 1.82) is 0 Å². The summed E-state index contributed by atoms with van der Waals surface area (Å²) in [6, 6.07) is 5.02. The van der Waals surface area contributed by atoms with Crippen LogP contribution in [0.2, 0.25) is 0 Å². The number of nitrogens with one attached hydrogen (secondary N) is 1. The summed E-state index contributed by atoms with van der Waals surface area (Å²) in [6.07, 6.45) is -3.78. The zero-order valence-corrected chi connectivity index (χ0v) is 16.0. The van der Waals surface area contributed by atoms with Crippen molar-refractivity contribution in [2.24, 2.45) is 5.92 Å². The summed E-state index contributed by atoms with van der Waals surface area (Å²) in [5.41, 5.74) is 0.534. The van der Waals surface area contributed by atoms with Crippen molar-refractivity contribution in [3.63, 3.8) is 0 Å². The Balaban J connectivity index is 1.84. The molecule has 0 saturated carbocycles. The number of carbonyl (C=O) groups is 2. The van der Waals surface area contributed by atoms with E-state index in [-0.39, 0.29) is 24.8 Å². The summed E-state index contributed by atoms with van der Waals surface area (Å²) in [7, 11) is 3.02. The predicted octanol–water partition coefficient (Wildman–Crippen LogP) is 3.61. The molecule has 1 aromatic rings. The van der Waals surface area contributed by atoms with Crippen molar-refractivity contribution in [3.8, 4) is 11.5 Å². The minimum Gasteiger partial charge on any atom is -0.497 e. The minimum atomic E-state index is -4.50. The Morgan fingerprint density at radius 2 is 1.82 bits per heavy atom. The van der Waals surface area contributed by atoms with Crippen LogP contribution in [0.3, 0.4) is 0 Å². The molecule has 0 radical (unpaired) electrons. The van der Waals surface area contributed by atoms with E-state index in [0.29, 0.717) is 36.6 Å². The van der Waals surface area contributed by atoms with Crippen molar-refractivity contribution in [3.05, 3.63) is 18.2 Å². The third-order valence-corrected chi connectivity index (χ3v) is 4.64. The number of rotatable bonds is 7. The number of anilines is 1. The molecule has 6 nitrogen and oxygen atoms in total. The topological polar surface area (TPSA) is 67.9 Å². The maximum absolute atomic E-state index is 12.4. The lowest BCUT2D eigenvalue weighted by atomic mass is 9.93. The molecule has 0 bridgehead atoms. The Morgan fingerprint density at radius 1 is 1.18 bits per heavy atom. The maximum atomic E-state index is 12.4. The molecular weight excluding hydrogens is 377 g/mol. The van der Waals surface area contributed by atoms with Crippen LogP contribution >= 0.6 is 0 Å². The van der Waals surface area contributed by atoms with Gasteiger partial charge in [-0.15, -0.1) is 0 Å². The first-order chi connectivity index (χ1) is 13.2. The molecule has 1 aliphatic rings. The zero-order valence-electron chi connectivity index (χ0n) is 16.0. The highest BCUT2D eigenvalue weighted by Crippen LogP contribution is 2.27. The Morgan fingerprint density at radius 3 is 2.39 bits per heavy atom. The van der Waals surface area contributed by atoms with Crippen LogP contribution in [-0.4, -0.2) is 50.2 Å². The van der Waals surface area contributed by atoms with Crippen LogP contribution in [0.5, 0.6) is 11.5 Å². The number of halogens is 3. The highest BCUT2D eigenvalue weighted by Gasteiger charge is 2.35. The highest BCUT2D eigenvalue weighted by atomic mass is 19.4. The standard InChI is InChI=1S/C19H25F3N2O4/c1-27-15-8-14(9-16(10-15)28-2)23-17(25)6-5-13-4-3-7-24(12-13)18(26)11-19(20,21)22/h8-10,13H,3-7,11-12H2,1-2H3,(H,23,25). The van der Waals surface area contributed by atoms with Gasteiger partial charge >= 0.3 is 6.18 Å². The van der Waals surface area contributed by atoms with Crippen LogP contribution in [0.1, 0.15) is 32.1 Å². The number of benzene rings is 1. The smallest absolute Gasteiger partial charge is 0.397 e. The second-order valence-corrected chi connectivity index (χ2v) is 6.83. The van der Waals surface area contributed by atoms with Crippen LogP contribution in [0.15, 0.2) is 18.2 Å². The van der Waals surface area contributed by atoms with Gasteiger partial charge in [-0.05, 0) is 25.2 Å². The molecule has 0 aromatic heterocycles. The molecule has 1 heterocycles. The molecule has 2 amide bonds. The van der Waals surface area contributed by atoms with Crippen LogP contribution in [0.25, 0.3) is 0 Å². The average Bonchev–Trinajstić information content (AvgIpc) is 2.65. The molecule has 0 aliphatic carbocycles. The fourth-order valence-electron chi connectivity index (χ4n) is 3.25. The third kappa shape index (κ3) is 6.94. The van der Waals surface area contributed by atoms with Gasteiger partial charge in [0.15, 0.2) is 0 Å². The number of amides is 2. The molecule has 1 aromatic carbocycles. The quantitative estimate of drug-likeness (QED) is 0.757. The summed E-state index contributed by atoms with van der Waals surface area (Å²) in [5.74, 6) is -0.0165. The minimum absolute atomic E-state index is 0.0107. The van der Waals surface area contributed by atoms with Gasteiger partial charge in [0.1, 0.15) is 17.9 Å². The number of methoxy groups -OCH3 is 2. The summed E-state index contributed by atoms with van der Waals surface area (Å²) in [4.78, 5) is 25.3. The third-order valence-electron chi connectivity index (χ3n) is 4.64. The molecule has 1 unspecified atom stereocenters. The molecule has 28 heavy (non-hydrogen) atoms. The molecule has 1 fully saturated rings. The number of piperidine rings is 1. The zero-order chi connectivity index (χ0) is 20.7. The number of hydrogen-bond acceptors (Lipinski definition) is 4. The van der Waals surface area contributed by atoms with E-state index in [4.69, 9.17) is 9.47 Å². The number of nitrogens with zero attached hydrogens (tertiary/aromatic N) is 1. The Bertz CT molecular complexity index is 672. The predicted molar refractivity (Wildman–Crippen MR) is 97.4 cm³/mol. The summed E-state index contributed by atoms with van der Waals surface area (Å²) < 4.78 is 47.5. The first kappa shape index (κ1) is 21.8. The summed E-state index contributed by atoms with van der Waals surface area (Å²) in [5, 5.41) is 2.77. The summed E-state index contributed by atoms with van der Waals surface area (Å²) >= 11 is 0. The molecule has 9 heteroatoms. The second kappa shape index (κ2) is 9.66. The normalized spacial score (nSPS) is 17.2. The molecule has 1 atom stereocenters. The van der Waals surface area contributed by atoms with Crippen molar-refractivity contribution in [2.45, 2.75) is 38.3 Å². The van der Waals surface area contributed by atoms with Gasteiger partial charge in [-0.2, -0.15) is 13.2 Å². The van der Waals surface area contributed by atoms with Crippen LogP contribution in [-0.2, 0) is 9.59 Å². The lowest BCUT2D eigenvalue weighted by molar-refractivity contribution is -0.162. The van der Waals surface area contributed by atoms with Gasteiger partial charge in [-0.25, -0.2) is 0 Å². The van der Waals surface area contributed by atoms with Crippen LogP contribution in [0, 0.1) is 5.92 Å². The van der Waals surface area contributed by atoms with E-state index in [1.54, 1.807) is 18.2 Å². The average molecular weight is 402 g/mol. The number of carbonyl (C=O) groups excluding carboxylic acids is 2. The van der Waals surface area contributed by atoms with Gasteiger partial charge in [-0.1, -0.05) is 0 Å². The van der Waals surface area contributed by atoms with E-state index >= 15 is 0 Å². The van der Waals surface area contributed by atoms with Gasteiger partial charge in [0.05, 0.1) is 14.2 Å². The Hall–Kier alpha value is -2.45. The summed E-state index contributed by atoms with van der Waals surface area (Å²) in [6.45, 7) is 0.594. The monoisotopic (exact) mass is 402 g/mol. The van der Waals surface area contributed by atoms with Gasteiger partial charge in [-0.3, -0.25) is 9.59 Å². The first-order valence-corrected chi connectivity index (χ1v) is 9.07. The van der Waals surface area contributed by atoms with Crippen LogP contribution < -0.4 is 14.8 Å². The van der Waals surface area contributed by atoms with Crippen molar-refractivity contribution < 1.29 is 32.2 Å². The number of hydrogen-bond donors (Lipinski definition) is 1. The van der Waals surface area contributed by atoms with E-state index in [2.05, 4.69) is 5.32 Å². The SMILES string of the molecule is COc1cc(NC(=O)CCC2CCCN(C(=O)CC(F)(F)F)C2)cc(OC)c1. The van der Waals surface area contributed by atoms with Gasteiger partial charge in [0, 0.05) is 43.4 Å². The fraction of sp³-hybridized carbons (Fsp3) is 0.579. The molecule has 1 N–H and O–H groups in total. The first-order valence-electron chi connectivity index (χ1n) is 9.07. The molecular formula is C19H25F3N2O4. The van der Waals surface area contributed by atoms with E-state index in [9.17, 15) is 22.8 Å². The molecule has 0 spiro atoms. The lowest BCUT2D eigenvalue weighted by Crippen LogP contribution is -2.41. The number of ether oxygens (including phenoxy) is 2. The molecule has 1 aliphatic heterocycles. The molecule has 156 valence electrons. The molecule has 1 saturated heterocycles. The molecule has 2 rings (SSSR count). The largest absolute Gasteiger partial charge is 0.497 e. The van der Waals surface area contributed by atoms with E-state index < -0.39 is 18.5 Å². The Labute approximate surface area is 162 Å².